The zero-order valence-electron chi connectivity index (χ0n) is 10.2. The predicted molar refractivity (Wildman–Crippen MR) is 69.5 cm³/mol. The Balaban J connectivity index is 2.53. The summed E-state index contributed by atoms with van der Waals surface area (Å²) in [6.45, 7) is 6.13. The molecule has 90 valence electrons. The van der Waals surface area contributed by atoms with Crippen molar-refractivity contribution in [3.05, 3.63) is 29.5 Å². The lowest BCUT2D eigenvalue weighted by Gasteiger charge is -2.24. The molecule has 1 aromatic heterocycles. The van der Waals surface area contributed by atoms with Gasteiger partial charge in [0.15, 0.2) is 0 Å². The van der Waals surface area contributed by atoms with Crippen molar-refractivity contribution in [2.24, 2.45) is 0 Å². The largest absolute Gasteiger partial charge is 0.471 e. The highest BCUT2D eigenvalue weighted by Gasteiger charge is 2.19. The predicted octanol–water partition coefficient (Wildman–Crippen LogP) is 3.85. The summed E-state index contributed by atoms with van der Waals surface area (Å²) in [5.74, 6) is 0.549. The molecule has 0 radical (unpaired) electrons. The van der Waals surface area contributed by atoms with Crippen molar-refractivity contribution < 1.29 is 4.74 Å². The molecule has 0 unspecified atom stereocenters. The number of benzene rings is 1. The van der Waals surface area contributed by atoms with Crippen LogP contribution in [0, 0.1) is 0 Å². The molecule has 17 heavy (non-hydrogen) atoms. The Morgan fingerprint density at radius 2 is 1.94 bits per heavy atom. The Kier molecular flexibility index (Phi) is 3.20. The lowest BCUT2D eigenvalue weighted by Crippen LogP contribution is -2.27. The van der Waals surface area contributed by atoms with Gasteiger partial charge in [0.1, 0.15) is 5.60 Å². The van der Waals surface area contributed by atoms with E-state index < -0.39 is 0 Å². The van der Waals surface area contributed by atoms with Crippen LogP contribution in [0.25, 0.3) is 10.9 Å². The van der Waals surface area contributed by atoms with E-state index in [-0.39, 0.29) is 10.9 Å². The van der Waals surface area contributed by atoms with Gasteiger partial charge in [-0.3, -0.25) is 0 Å². The number of hydrogen-bond acceptors (Lipinski definition) is 3. The van der Waals surface area contributed by atoms with Gasteiger partial charge in [-0.25, -0.2) is 4.98 Å². The molecule has 0 amide bonds. The lowest BCUT2D eigenvalue weighted by atomic mass is 10.1. The third-order valence-electron chi connectivity index (χ3n) is 2.77. The van der Waals surface area contributed by atoms with Crippen molar-refractivity contribution in [1.82, 2.24) is 9.97 Å². The van der Waals surface area contributed by atoms with Gasteiger partial charge in [-0.15, -0.1) is 0 Å². The first-order valence-corrected chi connectivity index (χ1v) is 6.01. The highest BCUT2D eigenvalue weighted by Crippen LogP contribution is 2.27. The molecule has 0 fully saturated rings. The minimum absolute atomic E-state index is 0.214. The van der Waals surface area contributed by atoms with Crippen LogP contribution in [0.2, 0.25) is 5.28 Å². The molecule has 0 atom stereocenters. The fraction of sp³-hybridized carbons (Fsp3) is 0.385. The lowest BCUT2D eigenvalue weighted by molar-refractivity contribution is 0.101. The second-order valence-corrected chi connectivity index (χ2v) is 4.87. The highest BCUT2D eigenvalue weighted by atomic mass is 35.5. The number of hydrogen-bond donors (Lipinski definition) is 0. The Labute approximate surface area is 106 Å². The summed E-state index contributed by atoms with van der Waals surface area (Å²) in [4.78, 5) is 8.33. The van der Waals surface area contributed by atoms with E-state index in [1.807, 2.05) is 38.1 Å². The Bertz CT molecular complexity index is 540. The summed E-state index contributed by atoms with van der Waals surface area (Å²) in [6.07, 6.45) is 0.892. The number of ether oxygens (including phenoxy) is 1. The van der Waals surface area contributed by atoms with Crippen LogP contribution in [-0.2, 0) is 0 Å². The van der Waals surface area contributed by atoms with E-state index in [1.165, 1.54) is 0 Å². The smallest absolute Gasteiger partial charge is 0.226 e. The first kappa shape index (κ1) is 12.1. The summed E-state index contributed by atoms with van der Waals surface area (Å²) < 4.78 is 5.91. The van der Waals surface area contributed by atoms with Crippen molar-refractivity contribution in [3.8, 4) is 5.88 Å². The minimum atomic E-state index is -0.263. The summed E-state index contributed by atoms with van der Waals surface area (Å²) in [7, 11) is 0. The summed E-state index contributed by atoms with van der Waals surface area (Å²) in [5.41, 5.74) is 0.537. The van der Waals surface area contributed by atoms with Gasteiger partial charge in [-0.1, -0.05) is 19.1 Å². The topological polar surface area (TPSA) is 35.0 Å². The number of aromatic nitrogens is 2. The fourth-order valence-electron chi connectivity index (χ4n) is 1.43. The van der Waals surface area contributed by atoms with Gasteiger partial charge < -0.3 is 4.74 Å². The third-order valence-corrected chi connectivity index (χ3v) is 2.93. The molecule has 0 aliphatic carbocycles. The molecule has 0 spiro atoms. The second-order valence-electron chi connectivity index (χ2n) is 4.53. The molecular formula is C13H15ClN2O. The number of fused-ring (bicyclic) bond motifs is 1. The quantitative estimate of drug-likeness (QED) is 0.776. The van der Waals surface area contributed by atoms with Gasteiger partial charge in [-0.05, 0) is 44.0 Å². The SMILES string of the molecule is CCC(C)(C)Oc1nc(Cl)nc2ccccc12. The van der Waals surface area contributed by atoms with Gasteiger partial charge in [0.25, 0.3) is 0 Å². The molecular weight excluding hydrogens is 236 g/mol. The van der Waals surface area contributed by atoms with Crippen LogP contribution in [0.4, 0.5) is 0 Å². The number of para-hydroxylation sites is 1. The van der Waals surface area contributed by atoms with E-state index in [0.717, 1.165) is 17.3 Å². The van der Waals surface area contributed by atoms with Gasteiger partial charge in [0.2, 0.25) is 11.2 Å². The summed E-state index contributed by atoms with van der Waals surface area (Å²) in [6, 6.07) is 7.69. The Hall–Kier alpha value is -1.35. The Morgan fingerprint density at radius 1 is 1.24 bits per heavy atom. The molecule has 0 saturated carbocycles. The first-order chi connectivity index (χ1) is 8.02. The van der Waals surface area contributed by atoms with Crippen LogP contribution < -0.4 is 4.74 Å². The monoisotopic (exact) mass is 250 g/mol. The maximum absolute atomic E-state index is 5.91. The molecule has 2 aromatic rings. The molecule has 0 aliphatic rings. The van der Waals surface area contributed by atoms with Crippen LogP contribution in [0.3, 0.4) is 0 Å². The van der Waals surface area contributed by atoms with Gasteiger partial charge in [0, 0.05) is 0 Å². The number of rotatable bonds is 3. The van der Waals surface area contributed by atoms with E-state index in [9.17, 15) is 0 Å². The van der Waals surface area contributed by atoms with E-state index >= 15 is 0 Å². The van der Waals surface area contributed by atoms with Crippen LogP contribution >= 0.6 is 11.6 Å². The molecule has 0 bridgehead atoms. The van der Waals surface area contributed by atoms with Crippen molar-refractivity contribution in [2.75, 3.05) is 0 Å². The van der Waals surface area contributed by atoms with Crippen LogP contribution in [0.5, 0.6) is 5.88 Å². The number of halogens is 1. The maximum Gasteiger partial charge on any atom is 0.226 e. The van der Waals surface area contributed by atoms with Crippen LogP contribution in [0.1, 0.15) is 27.2 Å². The Morgan fingerprint density at radius 3 is 2.65 bits per heavy atom. The van der Waals surface area contributed by atoms with Crippen molar-refractivity contribution in [2.45, 2.75) is 32.8 Å². The van der Waals surface area contributed by atoms with Crippen LogP contribution in [0.15, 0.2) is 24.3 Å². The average molecular weight is 251 g/mol. The first-order valence-electron chi connectivity index (χ1n) is 5.63. The van der Waals surface area contributed by atoms with Gasteiger partial charge in [-0.2, -0.15) is 4.98 Å². The minimum Gasteiger partial charge on any atom is -0.471 e. The number of nitrogens with zero attached hydrogens (tertiary/aromatic N) is 2. The molecule has 4 heteroatoms. The zero-order valence-corrected chi connectivity index (χ0v) is 11.0. The fourth-order valence-corrected chi connectivity index (χ4v) is 1.60. The molecule has 2 rings (SSSR count). The maximum atomic E-state index is 5.91. The van der Waals surface area contributed by atoms with E-state index in [2.05, 4.69) is 16.9 Å². The normalized spacial score (nSPS) is 11.8. The van der Waals surface area contributed by atoms with Crippen molar-refractivity contribution in [3.63, 3.8) is 0 Å². The molecule has 0 saturated heterocycles. The highest BCUT2D eigenvalue weighted by molar-refractivity contribution is 6.28. The zero-order chi connectivity index (χ0) is 12.5. The molecule has 0 N–H and O–H groups in total. The second kappa shape index (κ2) is 4.49. The van der Waals surface area contributed by atoms with Gasteiger partial charge in [0.05, 0.1) is 10.9 Å². The van der Waals surface area contributed by atoms with Crippen molar-refractivity contribution in [1.29, 1.82) is 0 Å². The van der Waals surface area contributed by atoms with Gasteiger partial charge >= 0.3 is 0 Å². The third kappa shape index (κ3) is 2.67. The summed E-state index contributed by atoms with van der Waals surface area (Å²) >= 11 is 5.89. The summed E-state index contributed by atoms with van der Waals surface area (Å²) in [5, 5.41) is 1.10. The average Bonchev–Trinajstić information content (AvgIpc) is 2.28. The van der Waals surface area contributed by atoms with E-state index in [0.29, 0.717) is 5.88 Å². The molecule has 3 nitrogen and oxygen atoms in total. The van der Waals surface area contributed by atoms with Crippen LogP contribution in [-0.4, -0.2) is 15.6 Å². The standard InChI is InChI=1S/C13H15ClN2O/c1-4-13(2,3)17-11-9-7-5-6-8-10(9)15-12(14)16-11/h5-8H,4H2,1-3H3. The molecule has 1 aromatic carbocycles. The van der Waals surface area contributed by atoms with Crippen molar-refractivity contribution >= 4 is 22.5 Å². The molecule has 0 aliphatic heterocycles. The van der Waals surface area contributed by atoms with E-state index in [4.69, 9.17) is 16.3 Å². The molecule has 1 heterocycles. The van der Waals surface area contributed by atoms with E-state index in [1.54, 1.807) is 0 Å².